The van der Waals surface area contributed by atoms with E-state index in [-0.39, 0.29) is 42.4 Å². The summed E-state index contributed by atoms with van der Waals surface area (Å²) in [4.78, 5) is 24.8. The number of aliphatic hydroxyl groups is 1. The third-order valence-electron chi connectivity index (χ3n) is 5.90. The lowest BCUT2D eigenvalue weighted by molar-refractivity contribution is -0.123. The molecule has 1 aliphatic carbocycles. The molecule has 0 spiro atoms. The maximum atomic E-state index is 12.7. The van der Waals surface area contributed by atoms with Crippen LogP contribution >= 0.6 is 0 Å². The van der Waals surface area contributed by atoms with Crippen molar-refractivity contribution in [3.63, 3.8) is 0 Å². The highest BCUT2D eigenvalue weighted by molar-refractivity contribution is 5.94. The number of hydrogen-bond acceptors (Lipinski definition) is 5. The molecular formula is C24H28N2O5. The first-order chi connectivity index (χ1) is 15.0. The van der Waals surface area contributed by atoms with Crippen molar-refractivity contribution in [2.75, 3.05) is 13.2 Å². The molecule has 2 aliphatic rings. The summed E-state index contributed by atoms with van der Waals surface area (Å²) in [6.45, 7) is 2.10. The zero-order valence-corrected chi connectivity index (χ0v) is 17.5. The number of hydrogen-bond donors (Lipinski definition) is 3. The van der Waals surface area contributed by atoms with Crippen LogP contribution in [0.2, 0.25) is 0 Å². The van der Waals surface area contributed by atoms with E-state index >= 15 is 0 Å². The molecule has 1 aliphatic heterocycles. The summed E-state index contributed by atoms with van der Waals surface area (Å²) < 4.78 is 11.6. The minimum atomic E-state index is -0.564. The van der Waals surface area contributed by atoms with Gasteiger partial charge < -0.3 is 25.2 Å². The molecule has 2 fully saturated rings. The molecule has 4 rings (SSSR count). The Labute approximate surface area is 181 Å². The number of para-hydroxylation sites is 1. The Morgan fingerprint density at radius 1 is 1.10 bits per heavy atom. The van der Waals surface area contributed by atoms with Crippen molar-refractivity contribution in [2.45, 2.75) is 38.0 Å². The van der Waals surface area contributed by atoms with E-state index < -0.39 is 6.04 Å². The van der Waals surface area contributed by atoms with Gasteiger partial charge in [-0.05, 0) is 49.2 Å². The van der Waals surface area contributed by atoms with Gasteiger partial charge in [0, 0.05) is 17.4 Å². The second-order valence-corrected chi connectivity index (χ2v) is 8.25. The second-order valence-electron chi connectivity index (χ2n) is 8.25. The normalized spacial score (nSPS) is 23.7. The topological polar surface area (TPSA) is 96.9 Å². The van der Waals surface area contributed by atoms with Gasteiger partial charge >= 0.3 is 0 Å². The van der Waals surface area contributed by atoms with Crippen LogP contribution in [0.15, 0.2) is 54.6 Å². The quantitative estimate of drug-likeness (QED) is 0.605. The van der Waals surface area contributed by atoms with E-state index in [9.17, 15) is 14.7 Å². The molecule has 0 aromatic heterocycles. The highest BCUT2D eigenvalue weighted by atomic mass is 16.5. The maximum Gasteiger partial charge on any atom is 0.251 e. The van der Waals surface area contributed by atoms with Crippen molar-refractivity contribution < 1.29 is 24.2 Å². The fourth-order valence-electron chi connectivity index (χ4n) is 3.83. The number of rotatable bonds is 8. The Morgan fingerprint density at radius 2 is 1.77 bits per heavy atom. The number of nitrogens with one attached hydrogen (secondary N) is 2. The Morgan fingerprint density at radius 3 is 2.42 bits per heavy atom. The Hall–Kier alpha value is -2.90. The number of carbonyl (C=O) groups is 2. The van der Waals surface area contributed by atoms with E-state index in [1.807, 2.05) is 37.3 Å². The standard InChI is InChI=1S/C24H28N2O5/c1-15-21(26-24(29)16-7-8-16)14-30-22(15)20(13-27)25-23(28)17-9-11-19(12-10-17)31-18-5-3-2-4-6-18/h2-6,9-12,15-16,20-22,27H,7-8,13-14H2,1H3,(H,25,28)(H,26,29)/t15-,20?,21+,22+/m1/s1. The molecule has 1 unspecified atom stereocenters. The summed E-state index contributed by atoms with van der Waals surface area (Å²) in [5.74, 6) is 1.23. The highest BCUT2D eigenvalue weighted by Crippen LogP contribution is 2.31. The highest BCUT2D eigenvalue weighted by Gasteiger charge is 2.41. The summed E-state index contributed by atoms with van der Waals surface area (Å²) in [7, 11) is 0. The Balaban J connectivity index is 1.33. The number of aliphatic hydroxyl groups excluding tert-OH is 1. The van der Waals surface area contributed by atoms with Gasteiger partial charge in [0.25, 0.3) is 5.91 Å². The first-order valence-electron chi connectivity index (χ1n) is 10.7. The van der Waals surface area contributed by atoms with Crippen LogP contribution in [0.5, 0.6) is 11.5 Å². The average Bonchev–Trinajstić information content (AvgIpc) is 3.58. The van der Waals surface area contributed by atoms with Gasteiger partial charge in [-0.15, -0.1) is 0 Å². The van der Waals surface area contributed by atoms with E-state index in [0.717, 1.165) is 18.6 Å². The first kappa shape index (κ1) is 21.3. The van der Waals surface area contributed by atoms with Crippen LogP contribution in [-0.4, -0.2) is 48.3 Å². The number of amides is 2. The lowest BCUT2D eigenvalue weighted by Crippen LogP contribution is -2.49. The van der Waals surface area contributed by atoms with E-state index in [4.69, 9.17) is 9.47 Å². The zero-order valence-electron chi connectivity index (χ0n) is 17.5. The number of ether oxygens (including phenoxy) is 2. The van der Waals surface area contributed by atoms with Crippen molar-refractivity contribution in [3.05, 3.63) is 60.2 Å². The van der Waals surface area contributed by atoms with Gasteiger partial charge in [0.2, 0.25) is 5.91 Å². The third kappa shape index (κ3) is 5.24. The second kappa shape index (κ2) is 9.49. The van der Waals surface area contributed by atoms with Crippen LogP contribution in [-0.2, 0) is 9.53 Å². The molecule has 1 saturated carbocycles. The van der Waals surface area contributed by atoms with Crippen LogP contribution in [0.3, 0.4) is 0 Å². The van der Waals surface area contributed by atoms with E-state index in [1.54, 1.807) is 24.3 Å². The SMILES string of the molecule is C[C@@H]1[C@@H](NC(=O)C2CC2)CO[C@@H]1C(CO)NC(=O)c1ccc(Oc2ccccc2)cc1. The lowest BCUT2D eigenvalue weighted by Gasteiger charge is -2.27. The molecule has 1 heterocycles. The van der Waals surface area contributed by atoms with Gasteiger partial charge in [0.15, 0.2) is 0 Å². The van der Waals surface area contributed by atoms with Crippen molar-refractivity contribution in [2.24, 2.45) is 11.8 Å². The Kier molecular flexibility index (Phi) is 6.53. The summed E-state index contributed by atoms with van der Waals surface area (Å²) in [5.41, 5.74) is 0.461. The van der Waals surface area contributed by atoms with E-state index in [1.165, 1.54) is 0 Å². The number of benzene rings is 2. The molecule has 4 atom stereocenters. The van der Waals surface area contributed by atoms with E-state index in [0.29, 0.717) is 17.9 Å². The maximum absolute atomic E-state index is 12.7. The van der Waals surface area contributed by atoms with Gasteiger partial charge in [-0.25, -0.2) is 0 Å². The van der Waals surface area contributed by atoms with Gasteiger partial charge in [-0.3, -0.25) is 9.59 Å². The summed E-state index contributed by atoms with van der Waals surface area (Å²) >= 11 is 0. The molecule has 2 aromatic carbocycles. The Bertz CT molecular complexity index is 898. The smallest absolute Gasteiger partial charge is 0.251 e. The summed E-state index contributed by atoms with van der Waals surface area (Å²) in [6, 6.07) is 15.5. The molecule has 2 amide bonds. The monoisotopic (exact) mass is 424 g/mol. The van der Waals surface area contributed by atoms with Gasteiger partial charge in [0.05, 0.1) is 31.4 Å². The largest absolute Gasteiger partial charge is 0.457 e. The lowest BCUT2D eigenvalue weighted by atomic mass is 9.94. The van der Waals surface area contributed by atoms with Crippen LogP contribution in [0, 0.1) is 11.8 Å². The molecule has 31 heavy (non-hydrogen) atoms. The molecule has 0 radical (unpaired) electrons. The molecule has 0 bridgehead atoms. The minimum absolute atomic E-state index is 0.0261. The van der Waals surface area contributed by atoms with Gasteiger partial charge in [-0.2, -0.15) is 0 Å². The van der Waals surface area contributed by atoms with Gasteiger partial charge in [-0.1, -0.05) is 25.1 Å². The third-order valence-corrected chi connectivity index (χ3v) is 5.90. The van der Waals surface area contributed by atoms with Gasteiger partial charge in [0.1, 0.15) is 11.5 Å². The minimum Gasteiger partial charge on any atom is -0.457 e. The van der Waals surface area contributed by atoms with Crippen LogP contribution < -0.4 is 15.4 Å². The fraction of sp³-hybridized carbons (Fsp3) is 0.417. The molecule has 7 nitrogen and oxygen atoms in total. The molecule has 7 heteroatoms. The molecule has 3 N–H and O–H groups in total. The van der Waals surface area contributed by atoms with Crippen molar-refractivity contribution in [1.82, 2.24) is 10.6 Å². The molecule has 2 aromatic rings. The average molecular weight is 424 g/mol. The predicted molar refractivity (Wildman–Crippen MR) is 115 cm³/mol. The summed E-state index contributed by atoms with van der Waals surface area (Å²) in [6.07, 6.45) is 1.52. The van der Waals surface area contributed by atoms with Crippen molar-refractivity contribution >= 4 is 11.8 Å². The van der Waals surface area contributed by atoms with Crippen molar-refractivity contribution in [1.29, 1.82) is 0 Å². The molecular weight excluding hydrogens is 396 g/mol. The zero-order chi connectivity index (χ0) is 21.8. The number of carbonyl (C=O) groups excluding carboxylic acids is 2. The van der Waals surface area contributed by atoms with Crippen LogP contribution in [0.1, 0.15) is 30.1 Å². The molecule has 1 saturated heterocycles. The first-order valence-corrected chi connectivity index (χ1v) is 10.7. The van der Waals surface area contributed by atoms with Crippen LogP contribution in [0.25, 0.3) is 0 Å². The van der Waals surface area contributed by atoms with E-state index in [2.05, 4.69) is 10.6 Å². The van der Waals surface area contributed by atoms with Crippen LogP contribution in [0.4, 0.5) is 0 Å². The van der Waals surface area contributed by atoms with Crippen molar-refractivity contribution in [3.8, 4) is 11.5 Å². The fourth-order valence-corrected chi connectivity index (χ4v) is 3.83. The summed E-state index contributed by atoms with van der Waals surface area (Å²) in [5, 5.41) is 15.8. The molecule has 164 valence electrons. The predicted octanol–water partition coefficient (Wildman–Crippen LogP) is 2.50.